The van der Waals surface area contributed by atoms with E-state index in [1.165, 1.54) is 0 Å². The zero-order chi connectivity index (χ0) is 21.5. The largest absolute Gasteiger partial charge is 0.497 e. The van der Waals surface area contributed by atoms with Crippen molar-refractivity contribution >= 4 is 17.5 Å². The van der Waals surface area contributed by atoms with Crippen LogP contribution in [0, 0.1) is 0 Å². The Hall–Kier alpha value is -3.18. The molecule has 0 heterocycles. The second-order valence-corrected chi connectivity index (χ2v) is 7.17. The first-order valence-corrected chi connectivity index (χ1v) is 9.88. The molecule has 0 aromatic heterocycles. The van der Waals surface area contributed by atoms with E-state index in [1.54, 1.807) is 32.4 Å². The number of hydrogen-bond donors (Lipinski definition) is 1. The molecule has 0 unspecified atom stereocenters. The lowest BCUT2D eigenvalue weighted by Crippen LogP contribution is -2.26. The maximum atomic E-state index is 12.8. The van der Waals surface area contributed by atoms with E-state index in [0.717, 1.165) is 16.9 Å². The van der Waals surface area contributed by atoms with E-state index in [0.29, 0.717) is 22.1 Å². The minimum atomic E-state index is -0.175. The van der Waals surface area contributed by atoms with E-state index in [2.05, 4.69) is 5.32 Å². The van der Waals surface area contributed by atoms with Crippen LogP contribution in [0.25, 0.3) is 0 Å². The SMILES string of the molecule is COc1ccc(OCc2cc(C(=O)N[C@@H](C)c3ccc(Cl)cc3)ccc2OC)cc1. The summed E-state index contributed by atoms with van der Waals surface area (Å²) in [5.41, 5.74) is 2.29. The fourth-order valence-electron chi connectivity index (χ4n) is 2.98. The molecule has 3 rings (SSSR count). The van der Waals surface area contributed by atoms with Crippen LogP contribution in [0.4, 0.5) is 0 Å². The zero-order valence-corrected chi connectivity index (χ0v) is 17.9. The highest BCUT2D eigenvalue weighted by molar-refractivity contribution is 6.30. The van der Waals surface area contributed by atoms with Crippen molar-refractivity contribution in [3.63, 3.8) is 0 Å². The maximum absolute atomic E-state index is 12.8. The highest BCUT2D eigenvalue weighted by Gasteiger charge is 2.14. The molecule has 5 nitrogen and oxygen atoms in total. The Balaban J connectivity index is 1.70. The van der Waals surface area contributed by atoms with E-state index in [4.69, 9.17) is 25.8 Å². The molecular weight excluding hydrogens is 402 g/mol. The van der Waals surface area contributed by atoms with Gasteiger partial charge < -0.3 is 19.5 Å². The van der Waals surface area contributed by atoms with Gasteiger partial charge in [0.2, 0.25) is 0 Å². The van der Waals surface area contributed by atoms with E-state index in [1.807, 2.05) is 55.5 Å². The number of carbonyl (C=O) groups excluding carboxylic acids is 1. The average molecular weight is 426 g/mol. The number of amides is 1. The molecule has 0 saturated carbocycles. The molecule has 1 atom stereocenters. The lowest BCUT2D eigenvalue weighted by molar-refractivity contribution is 0.0939. The molecule has 3 aromatic rings. The van der Waals surface area contributed by atoms with Gasteiger partial charge in [-0.1, -0.05) is 23.7 Å². The van der Waals surface area contributed by atoms with Gasteiger partial charge in [0.25, 0.3) is 5.91 Å². The summed E-state index contributed by atoms with van der Waals surface area (Å²) >= 11 is 5.94. The van der Waals surface area contributed by atoms with Gasteiger partial charge in [-0.05, 0) is 67.1 Å². The molecule has 0 aliphatic rings. The molecule has 0 saturated heterocycles. The highest BCUT2D eigenvalue weighted by atomic mass is 35.5. The van der Waals surface area contributed by atoms with Crippen molar-refractivity contribution in [2.24, 2.45) is 0 Å². The third-order valence-corrected chi connectivity index (χ3v) is 4.97. The average Bonchev–Trinajstić information content (AvgIpc) is 2.78. The van der Waals surface area contributed by atoms with Gasteiger partial charge in [0.15, 0.2) is 0 Å². The summed E-state index contributed by atoms with van der Waals surface area (Å²) in [4.78, 5) is 12.8. The van der Waals surface area contributed by atoms with Crippen LogP contribution in [0.5, 0.6) is 17.2 Å². The highest BCUT2D eigenvalue weighted by Crippen LogP contribution is 2.24. The summed E-state index contributed by atoms with van der Waals surface area (Å²) in [5, 5.41) is 3.67. The van der Waals surface area contributed by atoms with Gasteiger partial charge in [-0.15, -0.1) is 0 Å². The van der Waals surface area contributed by atoms with Gasteiger partial charge in [-0.3, -0.25) is 4.79 Å². The quantitative estimate of drug-likeness (QED) is 0.523. The smallest absolute Gasteiger partial charge is 0.251 e. The fourth-order valence-corrected chi connectivity index (χ4v) is 3.11. The van der Waals surface area contributed by atoms with Crippen LogP contribution >= 0.6 is 11.6 Å². The Morgan fingerprint density at radius 2 is 1.60 bits per heavy atom. The number of rotatable bonds is 8. The second-order valence-electron chi connectivity index (χ2n) is 6.74. The van der Waals surface area contributed by atoms with Crippen LogP contribution in [0.1, 0.15) is 34.5 Å². The molecule has 0 aliphatic heterocycles. The van der Waals surface area contributed by atoms with E-state index in [9.17, 15) is 4.79 Å². The maximum Gasteiger partial charge on any atom is 0.251 e. The lowest BCUT2D eigenvalue weighted by atomic mass is 10.1. The number of ether oxygens (including phenoxy) is 3. The normalized spacial score (nSPS) is 11.5. The molecule has 30 heavy (non-hydrogen) atoms. The predicted molar refractivity (Wildman–Crippen MR) is 118 cm³/mol. The summed E-state index contributed by atoms with van der Waals surface area (Å²) in [5.74, 6) is 1.94. The topological polar surface area (TPSA) is 56.8 Å². The van der Waals surface area contributed by atoms with Crippen molar-refractivity contribution in [1.82, 2.24) is 5.32 Å². The number of methoxy groups -OCH3 is 2. The Morgan fingerprint density at radius 3 is 2.23 bits per heavy atom. The minimum Gasteiger partial charge on any atom is -0.497 e. The zero-order valence-electron chi connectivity index (χ0n) is 17.1. The summed E-state index contributed by atoms with van der Waals surface area (Å²) in [7, 11) is 3.21. The molecule has 156 valence electrons. The Kier molecular flexibility index (Phi) is 7.20. The van der Waals surface area contributed by atoms with E-state index in [-0.39, 0.29) is 18.6 Å². The summed E-state index contributed by atoms with van der Waals surface area (Å²) in [6, 6.07) is 19.9. The molecular formula is C24H24ClNO4. The number of halogens is 1. The predicted octanol–water partition coefficient (Wildman–Crippen LogP) is 5.43. The molecule has 6 heteroatoms. The molecule has 0 bridgehead atoms. The first-order valence-electron chi connectivity index (χ1n) is 9.50. The molecule has 0 radical (unpaired) electrons. The first kappa shape index (κ1) is 21.5. The van der Waals surface area contributed by atoms with Crippen LogP contribution in [0.15, 0.2) is 66.7 Å². The van der Waals surface area contributed by atoms with Crippen molar-refractivity contribution in [1.29, 1.82) is 0 Å². The van der Waals surface area contributed by atoms with Crippen LogP contribution in [-0.2, 0) is 6.61 Å². The number of benzene rings is 3. The second kappa shape index (κ2) is 10.0. The number of carbonyl (C=O) groups is 1. The summed E-state index contributed by atoms with van der Waals surface area (Å²) < 4.78 is 16.4. The van der Waals surface area contributed by atoms with Crippen molar-refractivity contribution < 1.29 is 19.0 Å². The Bertz CT molecular complexity index is 987. The van der Waals surface area contributed by atoms with Crippen LogP contribution < -0.4 is 19.5 Å². The van der Waals surface area contributed by atoms with Crippen molar-refractivity contribution in [3.05, 3.63) is 88.4 Å². The number of hydrogen-bond acceptors (Lipinski definition) is 4. The van der Waals surface area contributed by atoms with Gasteiger partial charge in [0, 0.05) is 16.1 Å². The van der Waals surface area contributed by atoms with E-state index < -0.39 is 0 Å². The van der Waals surface area contributed by atoms with Crippen LogP contribution in [-0.4, -0.2) is 20.1 Å². The van der Waals surface area contributed by atoms with Gasteiger partial charge >= 0.3 is 0 Å². The first-order chi connectivity index (χ1) is 14.5. The van der Waals surface area contributed by atoms with Gasteiger partial charge in [-0.2, -0.15) is 0 Å². The van der Waals surface area contributed by atoms with Crippen molar-refractivity contribution in [3.8, 4) is 17.2 Å². The third kappa shape index (κ3) is 5.45. The standard InChI is InChI=1S/C24H24ClNO4/c1-16(17-4-7-20(25)8-5-17)26-24(27)18-6-13-23(29-3)19(14-18)15-30-22-11-9-21(28-2)10-12-22/h4-14,16H,15H2,1-3H3,(H,26,27)/t16-/m0/s1. The van der Waals surface area contributed by atoms with Crippen LogP contribution in [0.2, 0.25) is 5.02 Å². The van der Waals surface area contributed by atoms with Gasteiger partial charge in [0.1, 0.15) is 23.9 Å². The molecule has 1 N–H and O–H groups in total. The van der Waals surface area contributed by atoms with Gasteiger partial charge in [0.05, 0.1) is 20.3 Å². The number of nitrogens with one attached hydrogen (secondary N) is 1. The summed E-state index contributed by atoms with van der Waals surface area (Å²) in [6.45, 7) is 2.20. The fraction of sp³-hybridized carbons (Fsp3) is 0.208. The third-order valence-electron chi connectivity index (χ3n) is 4.71. The Morgan fingerprint density at radius 1 is 0.933 bits per heavy atom. The molecule has 0 spiro atoms. The minimum absolute atomic E-state index is 0.157. The van der Waals surface area contributed by atoms with Gasteiger partial charge in [-0.25, -0.2) is 0 Å². The van der Waals surface area contributed by atoms with Crippen molar-refractivity contribution in [2.45, 2.75) is 19.6 Å². The monoisotopic (exact) mass is 425 g/mol. The Labute approximate surface area is 181 Å². The molecule has 0 aliphatic carbocycles. The lowest BCUT2D eigenvalue weighted by Gasteiger charge is -2.16. The van der Waals surface area contributed by atoms with E-state index >= 15 is 0 Å². The van der Waals surface area contributed by atoms with Crippen molar-refractivity contribution in [2.75, 3.05) is 14.2 Å². The molecule has 3 aromatic carbocycles. The summed E-state index contributed by atoms with van der Waals surface area (Å²) in [6.07, 6.45) is 0. The molecule has 1 amide bonds. The van der Waals surface area contributed by atoms with Crippen LogP contribution in [0.3, 0.4) is 0 Å². The molecule has 0 fully saturated rings.